The smallest absolute Gasteiger partial charge is 0.234 e. The quantitative estimate of drug-likeness (QED) is 0.752. The fourth-order valence-corrected chi connectivity index (χ4v) is 1.81. The van der Waals surface area contributed by atoms with Crippen molar-refractivity contribution in [3.05, 3.63) is 35.4 Å². The standard InChI is InChI=1S/C11H14N2O/c1-8(11(12)14)13-6-9-4-2-3-5-10(9)7-13/h2-5,8H,6-7H2,1H3,(H2,12,14). The maximum absolute atomic E-state index is 11.0. The van der Waals surface area contributed by atoms with Crippen LogP contribution in [-0.2, 0) is 17.9 Å². The van der Waals surface area contributed by atoms with Crippen LogP contribution in [-0.4, -0.2) is 16.8 Å². The number of benzene rings is 1. The number of nitrogens with zero attached hydrogens (tertiary/aromatic N) is 1. The number of nitrogens with two attached hydrogens (primary N) is 1. The van der Waals surface area contributed by atoms with Gasteiger partial charge in [0, 0.05) is 13.1 Å². The second-order valence-corrected chi connectivity index (χ2v) is 3.75. The molecule has 1 atom stereocenters. The molecule has 74 valence electrons. The molecule has 3 heteroatoms. The predicted octanol–water partition coefficient (Wildman–Crippen LogP) is 0.876. The van der Waals surface area contributed by atoms with Gasteiger partial charge in [0.05, 0.1) is 6.04 Å². The third-order valence-electron chi connectivity index (χ3n) is 2.82. The van der Waals surface area contributed by atoms with Crippen LogP contribution in [0.3, 0.4) is 0 Å². The van der Waals surface area contributed by atoms with Crippen LogP contribution in [0, 0.1) is 0 Å². The lowest BCUT2D eigenvalue weighted by atomic mass is 10.1. The van der Waals surface area contributed by atoms with Gasteiger partial charge in [-0.1, -0.05) is 24.3 Å². The molecule has 1 heterocycles. The van der Waals surface area contributed by atoms with Crippen LogP contribution in [0.2, 0.25) is 0 Å². The Morgan fingerprint density at radius 2 is 1.86 bits per heavy atom. The third kappa shape index (κ3) is 1.51. The molecule has 0 fully saturated rings. The molecule has 2 rings (SSSR count). The Labute approximate surface area is 83.5 Å². The molecular weight excluding hydrogens is 176 g/mol. The average molecular weight is 190 g/mol. The van der Waals surface area contributed by atoms with Crippen LogP contribution in [0.5, 0.6) is 0 Å². The van der Waals surface area contributed by atoms with Gasteiger partial charge in [0.15, 0.2) is 0 Å². The number of hydrogen-bond acceptors (Lipinski definition) is 2. The van der Waals surface area contributed by atoms with Crippen molar-refractivity contribution >= 4 is 5.91 Å². The normalized spacial score (nSPS) is 17.8. The lowest BCUT2D eigenvalue weighted by Crippen LogP contribution is -2.39. The molecule has 0 bridgehead atoms. The van der Waals surface area contributed by atoms with Gasteiger partial charge in [0.25, 0.3) is 0 Å². The van der Waals surface area contributed by atoms with E-state index in [9.17, 15) is 4.79 Å². The molecule has 1 amide bonds. The summed E-state index contributed by atoms with van der Waals surface area (Å²) in [7, 11) is 0. The first-order valence-corrected chi connectivity index (χ1v) is 4.78. The number of hydrogen-bond donors (Lipinski definition) is 1. The van der Waals surface area contributed by atoms with E-state index in [4.69, 9.17) is 5.73 Å². The molecule has 0 aliphatic carbocycles. The molecule has 0 saturated heterocycles. The molecule has 1 aliphatic rings. The molecule has 14 heavy (non-hydrogen) atoms. The zero-order valence-corrected chi connectivity index (χ0v) is 8.23. The van der Waals surface area contributed by atoms with E-state index < -0.39 is 0 Å². The monoisotopic (exact) mass is 190 g/mol. The largest absolute Gasteiger partial charge is 0.368 e. The number of amides is 1. The highest BCUT2D eigenvalue weighted by Gasteiger charge is 2.25. The summed E-state index contributed by atoms with van der Waals surface area (Å²) < 4.78 is 0. The van der Waals surface area contributed by atoms with E-state index in [-0.39, 0.29) is 11.9 Å². The Bertz CT molecular complexity index is 337. The lowest BCUT2D eigenvalue weighted by Gasteiger charge is -2.20. The molecule has 1 aromatic carbocycles. The molecule has 0 radical (unpaired) electrons. The van der Waals surface area contributed by atoms with Gasteiger partial charge in [-0.25, -0.2) is 0 Å². The molecule has 2 N–H and O–H groups in total. The maximum atomic E-state index is 11.0. The van der Waals surface area contributed by atoms with Gasteiger partial charge >= 0.3 is 0 Å². The number of carbonyl (C=O) groups is 1. The van der Waals surface area contributed by atoms with Gasteiger partial charge in [-0.3, -0.25) is 9.69 Å². The molecule has 0 spiro atoms. The van der Waals surface area contributed by atoms with E-state index in [1.807, 2.05) is 19.1 Å². The van der Waals surface area contributed by atoms with Gasteiger partial charge in [-0.15, -0.1) is 0 Å². The van der Waals surface area contributed by atoms with Crippen molar-refractivity contribution < 1.29 is 4.79 Å². The zero-order chi connectivity index (χ0) is 10.1. The summed E-state index contributed by atoms with van der Waals surface area (Å²) in [6.07, 6.45) is 0. The first kappa shape index (κ1) is 9.21. The van der Waals surface area contributed by atoms with Crippen molar-refractivity contribution in [2.75, 3.05) is 0 Å². The van der Waals surface area contributed by atoms with Crippen LogP contribution in [0.25, 0.3) is 0 Å². The minimum Gasteiger partial charge on any atom is -0.368 e. The van der Waals surface area contributed by atoms with Crippen molar-refractivity contribution in [2.24, 2.45) is 5.73 Å². The first-order chi connectivity index (χ1) is 6.68. The molecule has 0 saturated carbocycles. The predicted molar refractivity (Wildman–Crippen MR) is 54.3 cm³/mol. The summed E-state index contributed by atoms with van der Waals surface area (Å²) >= 11 is 0. The molecule has 1 aromatic rings. The van der Waals surface area contributed by atoms with Crippen LogP contribution in [0.1, 0.15) is 18.1 Å². The fourth-order valence-electron chi connectivity index (χ4n) is 1.81. The van der Waals surface area contributed by atoms with Gasteiger partial charge < -0.3 is 5.73 Å². The van der Waals surface area contributed by atoms with Gasteiger partial charge in [0.1, 0.15) is 0 Å². The van der Waals surface area contributed by atoms with Crippen LogP contribution in [0.15, 0.2) is 24.3 Å². The SMILES string of the molecule is CC(C(N)=O)N1Cc2ccccc2C1. The minimum absolute atomic E-state index is 0.178. The number of rotatable bonds is 2. The van der Waals surface area contributed by atoms with Crippen molar-refractivity contribution in [2.45, 2.75) is 26.1 Å². The summed E-state index contributed by atoms with van der Waals surface area (Å²) in [4.78, 5) is 13.1. The zero-order valence-electron chi connectivity index (χ0n) is 8.23. The Morgan fingerprint density at radius 1 is 1.36 bits per heavy atom. The van der Waals surface area contributed by atoms with E-state index in [0.29, 0.717) is 0 Å². The van der Waals surface area contributed by atoms with Gasteiger partial charge in [0.2, 0.25) is 5.91 Å². The van der Waals surface area contributed by atoms with E-state index in [1.54, 1.807) is 0 Å². The lowest BCUT2D eigenvalue weighted by molar-refractivity contribution is -0.122. The molecular formula is C11H14N2O. The first-order valence-electron chi connectivity index (χ1n) is 4.78. The Balaban J connectivity index is 2.15. The van der Waals surface area contributed by atoms with E-state index in [2.05, 4.69) is 17.0 Å². The highest BCUT2D eigenvalue weighted by Crippen LogP contribution is 2.23. The third-order valence-corrected chi connectivity index (χ3v) is 2.82. The molecule has 0 aromatic heterocycles. The van der Waals surface area contributed by atoms with E-state index in [0.717, 1.165) is 13.1 Å². The van der Waals surface area contributed by atoms with Gasteiger partial charge in [-0.2, -0.15) is 0 Å². The summed E-state index contributed by atoms with van der Waals surface area (Å²) in [6.45, 7) is 3.52. The number of carbonyl (C=O) groups excluding carboxylic acids is 1. The second-order valence-electron chi connectivity index (χ2n) is 3.75. The van der Waals surface area contributed by atoms with Gasteiger partial charge in [-0.05, 0) is 18.1 Å². The maximum Gasteiger partial charge on any atom is 0.234 e. The van der Waals surface area contributed by atoms with Crippen LogP contribution in [0.4, 0.5) is 0 Å². The van der Waals surface area contributed by atoms with Crippen LogP contribution >= 0.6 is 0 Å². The summed E-state index contributed by atoms with van der Waals surface area (Å²) in [5.74, 6) is -0.252. The molecule has 3 nitrogen and oxygen atoms in total. The average Bonchev–Trinajstić information content (AvgIpc) is 2.59. The molecule has 1 unspecified atom stereocenters. The Hall–Kier alpha value is -1.35. The fraction of sp³-hybridized carbons (Fsp3) is 0.364. The van der Waals surface area contributed by atoms with Crippen molar-refractivity contribution in [1.82, 2.24) is 4.90 Å². The van der Waals surface area contributed by atoms with Crippen molar-refractivity contribution in [3.63, 3.8) is 0 Å². The molecule has 1 aliphatic heterocycles. The summed E-state index contributed by atoms with van der Waals surface area (Å²) in [5, 5.41) is 0. The topological polar surface area (TPSA) is 46.3 Å². The number of primary amides is 1. The van der Waals surface area contributed by atoms with E-state index >= 15 is 0 Å². The second kappa shape index (κ2) is 3.42. The van der Waals surface area contributed by atoms with Crippen molar-refractivity contribution in [3.8, 4) is 0 Å². The van der Waals surface area contributed by atoms with Crippen LogP contribution < -0.4 is 5.73 Å². The Kier molecular flexibility index (Phi) is 2.25. The summed E-state index contributed by atoms with van der Waals surface area (Å²) in [6, 6.07) is 8.07. The summed E-state index contributed by atoms with van der Waals surface area (Å²) in [5.41, 5.74) is 7.88. The number of fused-ring (bicyclic) bond motifs is 1. The highest BCUT2D eigenvalue weighted by atomic mass is 16.1. The van der Waals surface area contributed by atoms with Crippen molar-refractivity contribution in [1.29, 1.82) is 0 Å². The van der Waals surface area contributed by atoms with E-state index in [1.165, 1.54) is 11.1 Å². The minimum atomic E-state index is -0.252. The Morgan fingerprint density at radius 3 is 2.29 bits per heavy atom. The highest BCUT2D eigenvalue weighted by molar-refractivity contribution is 5.79.